The second-order valence-corrected chi connectivity index (χ2v) is 8.88. The summed E-state index contributed by atoms with van der Waals surface area (Å²) in [7, 11) is 4.94. The molecule has 0 aliphatic carbocycles. The quantitative estimate of drug-likeness (QED) is 0.495. The molecule has 2 aromatic heterocycles. The van der Waals surface area contributed by atoms with Crippen molar-refractivity contribution in [2.75, 3.05) is 44.5 Å². The van der Waals surface area contributed by atoms with E-state index in [1.54, 1.807) is 24.9 Å². The van der Waals surface area contributed by atoms with Crippen molar-refractivity contribution in [2.45, 2.75) is 13.8 Å². The molecule has 34 heavy (non-hydrogen) atoms. The molecule has 1 N–H and O–H groups in total. The number of benzene rings is 1. The summed E-state index contributed by atoms with van der Waals surface area (Å²) in [6, 6.07) is 4.52. The summed E-state index contributed by atoms with van der Waals surface area (Å²) in [5.41, 5.74) is 1.07. The van der Waals surface area contributed by atoms with Gasteiger partial charge in [-0.25, -0.2) is 4.39 Å². The Hall–Kier alpha value is -3.31. The molecule has 3 rings (SSSR count). The fourth-order valence-corrected chi connectivity index (χ4v) is 3.92. The molecule has 0 atom stereocenters. The van der Waals surface area contributed by atoms with Gasteiger partial charge in [0.1, 0.15) is 5.75 Å². The number of nitrogens with one attached hydrogen (secondary N) is 1. The smallest absolute Gasteiger partial charge is 0.259 e. The molecule has 2 amide bonds. The lowest BCUT2D eigenvalue weighted by Crippen LogP contribution is -2.33. The average Bonchev–Trinajstić information content (AvgIpc) is 3.27. The Kier molecular flexibility index (Phi) is 8.00. The number of rotatable bonds is 8. The van der Waals surface area contributed by atoms with E-state index >= 15 is 0 Å². The molecule has 0 bridgehead atoms. The lowest BCUT2D eigenvalue weighted by Gasteiger charge is -2.20. The highest BCUT2D eigenvalue weighted by Crippen LogP contribution is 2.38. The first kappa shape index (κ1) is 25.3. The van der Waals surface area contributed by atoms with Crippen LogP contribution in [0.1, 0.15) is 23.0 Å². The van der Waals surface area contributed by atoms with Gasteiger partial charge in [-0.2, -0.15) is 0 Å². The minimum absolute atomic E-state index is 0.0334. The maximum atomic E-state index is 15.0. The molecule has 3 aromatic rings. The van der Waals surface area contributed by atoms with Crippen molar-refractivity contribution in [1.82, 2.24) is 20.1 Å². The Bertz CT molecular complexity index is 1220. The molecular formula is C22H24ClFN6O3S. The maximum absolute atomic E-state index is 15.0. The van der Waals surface area contributed by atoms with Gasteiger partial charge in [0, 0.05) is 51.6 Å². The fraction of sp³-hybridized carbons (Fsp3) is 0.318. The summed E-state index contributed by atoms with van der Waals surface area (Å²) in [5, 5.41) is 11.6. The van der Waals surface area contributed by atoms with Crippen LogP contribution in [0.5, 0.6) is 5.75 Å². The molecule has 12 heteroatoms. The molecule has 2 heterocycles. The third kappa shape index (κ3) is 5.60. The standard InChI is InChI=1S/C22H24ClFN6O3S/c1-12-10-14(18-17(33-5)7-6-16(23)19(18)24)15(11-25-12)20(32)26-21-27-28-22(34-21)30(4)9-8-29(3)13(2)31/h6-7,10-11H,8-9H2,1-5H3,(H,26,27,32). The number of aromatic nitrogens is 3. The maximum Gasteiger partial charge on any atom is 0.259 e. The van der Waals surface area contributed by atoms with E-state index in [1.807, 2.05) is 11.9 Å². The molecule has 0 fully saturated rings. The summed E-state index contributed by atoms with van der Waals surface area (Å²) < 4.78 is 20.3. The number of ether oxygens (including phenoxy) is 1. The van der Waals surface area contributed by atoms with Crippen molar-refractivity contribution < 1.29 is 18.7 Å². The number of nitrogens with zero attached hydrogens (tertiary/aromatic N) is 5. The molecule has 1 aromatic carbocycles. The van der Waals surface area contributed by atoms with Gasteiger partial charge in [-0.1, -0.05) is 22.9 Å². The minimum Gasteiger partial charge on any atom is -0.496 e. The van der Waals surface area contributed by atoms with Crippen LogP contribution in [0.3, 0.4) is 0 Å². The Morgan fingerprint density at radius 1 is 1.24 bits per heavy atom. The molecule has 0 radical (unpaired) electrons. The van der Waals surface area contributed by atoms with Crippen LogP contribution in [0.4, 0.5) is 14.7 Å². The topological polar surface area (TPSA) is 101 Å². The highest BCUT2D eigenvalue weighted by Gasteiger charge is 2.23. The van der Waals surface area contributed by atoms with Crippen molar-refractivity contribution >= 4 is 45.0 Å². The van der Waals surface area contributed by atoms with Gasteiger partial charge in [0.05, 0.1) is 23.3 Å². The van der Waals surface area contributed by atoms with Crippen molar-refractivity contribution in [3.8, 4) is 16.9 Å². The molecule has 9 nitrogen and oxygen atoms in total. The number of hydrogen-bond donors (Lipinski definition) is 1. The van der Waals surface area contributed by atoms with E-state index < -0.39 is 11.7 Å². The fourth-order valence-electron chi connectivity index (χ4n) is 3.04. The summed E-state index contributed by atoms with van der Waals surface area (Å²) >= 11 is 7.17. The molecule has 0 aliphatic heterocycles. The van der Waals surface area contributed by atoms with Gasteiger partial charge >= 0.3 is 0 Å². The van der Waals surface area contributed by atoms with Crippen LogP contribution in [-0.4, -0.2) is 66.2 Å². The van der Waals surface area contributed by atoms with Gasteiger partial charge in [-0.3, -0.25) is 19.9 Å². The van der Waals surface area contributed by atoms with Crippen LogP contribution in [-0.2, 0) is 4.79 Å². The number of methoxy groups -OCH3 is 1. The molecule has 0 saturated heterocycles. The summed E-state index contributed by atoms with van der Waals surface area (Å²) in [5.74, 6) is -1.03. The summed E-state index contributed by atoms with van der Waals surface area (Å²) in [6.45, 7) is 4.28. The van der Waals surface area contributed by atoms with Gasteiger partial charge in [-0.15, -0.1) is 10.2 Å². The second-order valence-electron chi connectivity index (χ2n) is 7.52. The lowest BCUT2D eigenvalue weighted by molar-refractivity contribution is -0.127. The van der Waals surface area contributed by atoms with Gasteiger partial charge in [0.15, 0.2) is 5.82 Å². The van der Waals surface area contributed by atoms with E-state index in [9.17, 15) is 14.0 Å². The van der Waals surface area contributed by atoms with Crippen molar-refractivity contribution in [3.05, 3.63) is 46.5 Å². The predicted octanol–water partition coefficient (Wildman–Crippen LogP) is 3.88. The number of pyridine rings is 1. The van der Waals surface area contributed by atoms with E-state index in [2.05, 4.69) is 20.5 Å². The number of amides is 2. The number of aryl methyl sites for hydroxylation is 1. The van der Waals surface area contributed by atoms with Crippen LogP contribution in [0.2, 0.25) is 5.02 Å². The highest BCUT2D eigenvalue weighted by molar-refractivity contribution is 7.19. The second kappa shape index (κ2) is 10.7. The van der Waals surface area contributed by atoms with E-state index in [0.717, 1.165) is 0 Å². The average molecular weight is 507 g/mol. The highest BCUT2D eigenvalue weighted by atomic mass is 35.5. The normalized spacial score (nSPS) is 10.7. The van der Waals surface area contributed by atoms with Crippen LogP contribution in [0.25, 0.3) is 11.1 Å². The number of hydrogen-bond acceptors (Lipinski definition) is 8. The predicted molar refractivity (Wildman–Crippen MR) is 130 cm³/mol. The first-order valence-electron chi connectivity index (χ1n) is 10.2. The molecular weight excluding hydrogens is 483 g/mol. The largest absolute Gasteiger partial charge is 0.496 e. The number of carbonyl (C=O) groups excluding carboxylic acids is 2. The SMILES string of the molecule is COc1ccc(Cl)c(F)c1-c1cc(C)ncc1C(=O)Nc1nnc(N(C)CCN(C)C(C)=O)s1. The molecule has 0 saturated carbocycles. The third-order valence-corrected chi connectivity index (χ3v) is 6.35. The Labute approximate surface area is 205 Å². The number of likely N-dealkylation sites (N-methyl/N-ethyl adjacent to an activating group) is 2. The summed E-state index contributed by atoms with van der Waals surface area (Å²) in [6.07, 6.45) is 1.37. The Balaban J connectivity index is 1.86. The van der Waals surface area contributed by atoms with Crippen molar-refractivity contribution in [3.63, 3.8) is 0 Å². The number of carbonyl (C=O) groups is 2. The van der Waals surface area contributed by atoms with Crippen molar-refractivity contribution in [1.29, 1.82) is 0 Å². The van der Waals surface area contributed by atoms with Crippen LogP contribution in [0, 0.1) is 12.7 Å². The number of anilines is 2. The monoisotopic (exact) mass is 506 g/mol. The van der Waals surface area contributed by atoms with Gasteiger partial charge in [-0.05, 0) is 25.1 Å². The minimum atomic E-state index is -0.698. The summed E-state index contributed by atoms with van der Waals surface area (Å²) in [4.78, 5) is 32.1. The molecule has 0 aliphatic rings. The van der Waals surface area contributed by atoms with Gasteiger partial charge < -0.3 is 14.5 Å². The van der Waals surface area contributed by atoms with Crippen LogP contribution in [0.15, 0.2) is 24.4 Å². The Morgan fingerprint density at radius 3 is 2.65 bits per heavy atom. The van der Waals surface area contributed by atoms with E-state index in [1.165, 1.54) is 43.7 Å². The van der Waals surface area contributed by atoms with Crippen molar-refractivity contribution in [2.24, 2.45) is 0 Å². The molecule has 0 spiro atoms. The van der Waals surface area contributed by atoms with Gasteiger partial charge in [0.2, 0.25) is 16.2 Å². The van der Waals surface area contributed by atoms with Crippen LogP contribution < -0.4 is 15.0 Å². The zero-order chi connectivity index (χ0) is 25.0. The first-order valence-corrected chi connectivity index (χ1v) is 11.4. The molecule has 180 valence electrons. The first-order chi connectivity index (χ1) is 16.1. The third-order valence-electron chi connectivity index (χ3n) is 5.10. The lowest BCUT2D eigenvalue weighted by atomic mass is 9.98. The van der Waals surface area contributed by atoms with Crippen LogP contribution >= 0.6 is 22.9 Å². The zero-order valence-corrected chi connectivity index (χ0v) is 20.9. The van der Waals surface area contributed by atoms with Gasteiger partial charge in [0.25, 0.3) is 5.91 Å². The molecule has 0 unspecified atom stereocenters. The Morgan fingerprint density at radius 2 is 1.97 bits per heavy atom. The number of halogens is 2. The zero-order valence-electron chi connectivity index (χ0n) is 19.3. The van der Waals surface area contributed by atoms with E-state index in [0.29, 0.717) is 23.9 Å². The van der Waals surface area contributed by atoms with E-state index in [4.69, 9.17) is 16.3 Å². The van der Waals surface area contributed by atoms with E-state index in [-0.39, 0.29) is 38.5 Å².